The molecule has 1 aromatic carbocycles. The Morgan fingerprint density at radius 3 is 2.87 bits per heavy atom. The number of nitrogen functional groups attached to an aromatic ring is 1. The number of nitrogens with two attached hydrogens (primary N) is 1. The Kier molecular flexibility index (Phi) is 6.28. The molecule has 0 bridgehead atoms. The standard InChI is InChI=1S/C21H21N7OS2/c1-3-10-28-18(29)14-9-11-30-17(14)26-21(28)31-12-16-24-19(22)27-20(25-16)23-15-8-6-5-7-13(15)4-2/h3,5-9,11H,1,4,10,12H2,2H3,(H3,22,23,24,25,27). The molecule has 0 saturated heterocycles. The quantitative estimate of drug-likeness (QED) is 0.235. The molecule has 3 aromatic heterocycles. The van der Waals surface area contributed by atoms with E-state index in [1.807, 2.05) is 23.6 Å². The maximum Gasteiger partial charge on any atom is 0.263 e. The smallest absolute Gasteiger partial charge is 0.263 e. The number of nitrogens with zero attached hydrogens (tertiary/aromatic N) is 5. The maximum absolute atomic E-state index is 12.8. The van der Waals surface area contributed by atoms with Crippen LogP contribution in [0.4, 0.5) is 17.6 Å². The zero-order valence-corrected chi connectivity index (χ0v) is 18.5. The topological polar surface area (TPSA) is 112 Å². The van der Waals surface area contributed by atoms with E-state index in [9.17, 15) is 4.79 Å². The molecule has 8 nitrogen and oxygen atoms in total. The van der Waals surface area contributed by atoms with E-state index in [1.54, 1.807) is 16.7 Å². The van der Waals surface area contributed by atoms with Crippen LogP contribution in [0.1, 0.15) is 18.3 Å². The van der Waals surface area contributed by atoms with E-state index >= 15 is 0 Å². The van der Waals surface area contributed by atoms with Crippen LogP contribution in [-0.4, -0.2) is 24.5 Å². The first-order chi connectivity index (χ1) is 15.1. The van der Waals surface area contributed by atoms with Crippen molar-refractivity contribution in [3.05, 3.63) is 70.1 Å². The fraction of sp³-hybridized carbons (Fsp3) is 0.190. The number of rotatable bonds is 8. The highest BCUT2D eigenvalue weighted by molar-refractivity contribution is 7.98. The Hall–Kier alpha value is -3.24. The van der Waals surface area contributed by atoms with Crippen molar-refractivity contribution in [2.75, 3.05) is 11.1 Å². The number of aromatic nitrogens is 5. The molecular weight excluding hydrogens is 430 g/mol. The van der Waals surface area contributed by atoms with Gasteiger partial charge < -0.3 is 11.1 Å². The van der Waals surface area contributed by atoms with E-state index in [2.05, 4.69) is 44.8 Å². The van der Waals surface area contributed by atoms with Crippen LogP contribution in [0.2, 0.25) is 0 Å². The van der Waals surface area contributed by atoms with Gasteiger partial charge >= 0.3 is 0 Å². The molecule has 0 aliphatic heterocycles. The number of fused-ring (bicyclic) bond motifs is 1. The van der Waals surface area contributed by atoms with Gasteiger partial charge in [0.1, 0.15) is 10.7 Å². The molecule has 3 heterocycles. The maximum atomic E-state index is 12.8. The van der Waals surface area contributed by atoms with Crippen LogP contribution < -0.4 is 16.6 Å². The Bertz CT molecular complexity index is 1300. The third-order valence-corrected chi connectivity index (χ3v) is 6.31. The predicted molar refractivity (Wildman–Crippen MR) is 127 cm³/mol. The van der Waals surface area contributed by atoms with Gasteiger partial charge in [0.2, 0.25) is 11.9 Å². The SMILES string of the molecule is C=CCn1c(SCc2nc(N)nc(Nc3ccccc3CC)n2)nc2sccc2c1=O. The van der Waals surface area contributed by atoms with Crippen molar-refractivity contribution in [1.82, 2.24) is 24.5 Å². The van der Waals surface area contributed by atoms with E-state index in [4.69, 9.17) is 5.73 Å². The monoisotopic (exact) mass is 451 g/mol. The lowest BCUT2D eigenvalue weighted by Crippen LogP contribution is -2.22. The summed E-state index contributed by atoms with van der Waals surface area (Å²) in [6.07, 6.45) is 2.56. The average molecular weight is 452 g/mol. The van der Waals surface area contributed by atoms with Gasteiger partial charge in [-0.1, -0.05) is 43.0 Å². The highest BCUT2D eigenvalue weighted by atomic mass is 32.2. The van der Waals surface area contributed by atoms with Gasteiger partial charge in [-0.2, -0.15) is 15.0 Å². The summed E-state index contributed by atoms with van der Waals surface area (Å²) in [4.78, 5) is 31.1. The van der Waals surface area contributed by atoms with Crippen LogP contribution in [-0.2, 0) is 18.7 Å². The van der Waals surface area contributed by atoms with E-state index in [0.29, 0.717) is 39.4 Å². The number of aryl methyl sites for hydroxylation is 1. The second-order valence-electron chi connectivity index (χ2n) is 6.60. The van der Waals surface area contributed by atoms with Crippen molar-refractivity contribution in [3.8, 4) is 0 Å². The molecule has 0 amide bonds. The van der Waals surface area contributed by atoms with Gasteiger partial charge in [-0.3, -0.25) is 9.36 Å². The average Bonchev–Trinajstić information content (AvgIpc) is 3.23. The largest absolute Gasteiger partial charge is 0.368 e. The Labute approximate surface area is 187 Å². The van der Waals surface area contributed by atoms with Crippen LogP contribution in [0, 0.1) is 0 Å². The summed E-state index contributed by atoms with van der Waals surface area (Å²) in [5.41, 5.74) is 7.92. The fourth-order valence-corrected chi connectivity index (χ4v) is 4.76. The van der Waals surface area contributed by atoms with Crippen LogP contribution in [0.15, 0.2) is 58.3 Å². The van der Waals surface area contributed by atoms with E-state index in [0.717, 1.165) is 17.7 Å². The van der Waals surface area contributed by atoms with Crippen molar-refractivity contribution in [3.63, 3.8) is 0 Å². The van der Waals surface area contributed by atoms with Gasteiger partial charge in [-0.25, -0.2) is 4.98 Å². The molecule has 0 atom stereocenters. The van der Waals surface area contributed by atoms with Gasteiger partial charge in [0.15, 0.2) is 5.16 Å². The first kappa shape index (κ1) is 21.0. The minimum absolute atomic E-state index is 0.0812. The van der Waals surface area contributed by atoms with Crippen LogP contribution in [0.3, 0.4) is 0 Å². The zero-order chi connectivity index (χ0) is 21.8. The van der Waals surface area contributed by atoms with Gasteiger partial charge in [0, 0.05) is 12.2 Å². The van der Waals surface area contributed by atoms with Gasteiger partial charge in [-0.05, 0) is 29.5 Å². The molecule has 0 fully saturated rings. The number of thiophene rings is 1. The minimum atomic E-state index is -0.0812. The Morgan fingerprint density at radius 1 is 1.23 bits per heavy atom. The summed E-state index contributed by atoms with van der Waals surface area (Å²) in [6.45, 7) is 6.21. The Balaban J connectivity index is 1.60. The highest BCUT2D eigenvalue weighted by Crippen LogP contribution is 2.24. The number of allylic oxidation sites excluding steroid dienone is 1. The second-order valence-corrected chi connectivity index (χ2v) is 8.43. The van der Waals surface area contributed by atoms with Crippen molar-refractivity contribution in [1.29, 1.82) is 0 Å². The summed E-state index contributed by atoms with van der Waals surface area (Å²) in [7, 11) is 0. The molecular formula is C21H21N7OS2. The van der Waals surface area contributed by atoms with Crippen LogP contribution >= 0.6 is 23.1 Å². The molecule has 4 aromatic rings. The minimum Gasteiger partial charge on any atom is -0.368 e. The number of benzene rings is 1. The number of anilines is 3. The Morgan fingerprint density at radius 2 is 2.06 bits per heavy atom. The zero-order valence-electron chi connectivity index (χ0n) is 16.9. The van der Waals surface area contributed by atoms with Crippen molar-refractivity contribution in [2.45, 2.75) is 30.8 Å². The fourth-order valence-electron chi connectivity index (χ4n) is 3.09. The van der Waals surface area contributed by atoms with Gasteiger partial charge in [-0.15, -0.1) is 17.9 Å². The molecule has 0 saturated carbocycles. The van der Waals surface area contributed by atoms with Crippen molar-refractivity contribution < 1.29 is 0 Å². The first-order valence-corrected chi connectivity index (χ1v) is 11.5. The molecule has 0 radical (unpaired) electrons. The van der Waals surface area contributed by atoms with Crippen LogP contribution in [0.25, 0.3) is 10.2 Å². The lowest BCUT2D eigenvalue weighted by molar-refractivity contribution is 0.672. The predicted octanol–water partition coefficient (Wildman–Crippen LogP) is 4.01. The molecule has 10 heteroatoms. The van der Waals surface area contributed by atoms with Crippen LogP contribution in [0.5, 0.6) is 0 Å². The number of thioether (sulfide) groups is 1. The van der Waals surface area contributed by atoms with Gasteiger partial charge in [0.05, 0.1) is 11.1 Å². The summed E-state index contributed by atoms with van der Waals surface area (Å²) in [5.74, 6) is 1.40. The summed E-state index contributed by atoms with van der Waals surface area (Å²) >= 11 is 2.82. The molecule has 3 N–H and O–H groups in total. The number of nitrogens with one attached hydrogen (secondary N) is 1. The normalized spacial score (nSPS) is 11.0. The number of para-hydroxylation sites is 1. The molecule has 158 valence electrons. The second kappa shape index (κ2) is 9.27. The molecule has 0 unspecified atom stereocenters. The molecule has 0 aliphatic rings. The van der Waals surface area contributed by atoms with E-state index in [-0.39, 0.29) is 11.5 Å². The van der Waals surface area contributed by atoms with Crippen molar-refractivity contribution >= 4 is 50.9 Å². The lowest BCUT2D eigenvalue weighted by atomic mass is 10.1. The summed E-state index contributed by atoms with van der Waals surface area (Å²) in [5, 5.41) is 6.30. The van der Waals surface area contributed by atoms with Crippen molar-refractivity contribution in [2.24, 2.45) is 0 Å². The highest BCUT2D eigenvalue weighted by Gasteiger charge is 2.14. The van der Waals surface area contributed by atoms with E-state index in [1.165, 1.54) is 23.1 Å². The van der Waals surface area contributed by atoms with E-state index < -0.39 is 0 Å². The molecule has 0 spiro atoms. The number of hydrogen-bond acceptors (Lipinski definition) is 9. The molecule has 0 aliphatic carbocycles. The molecule has 31 heavy (non-hydrogen) atoms. The first-order valence-electron chi connectivity index (χ1n) is 9.66. The summed E-state index contributed by atoms with van der Waals surface area (Å²) in [6, 6.07) is 9.76. The van der Waals surface area contributed by atoms with Gasteiger partial charge in [0.25, 0.3) is 5.56 Å². The number of hydrogen-bond donors (Lipinski definition) is 2. The third-order valence-electron chi connectivity index (χ3n) is 4.53. The summed E-state index contributed by atoms with van der Waals surface area (Å²) < 4.78 is 1.61. The lowest BCUT2D eigenvalue weighted by Gasteiger charge is -2.11. The third kappa shape index (κ3) is 4.59. The molecule has 4 rings (SSSR count).